The minimum absolute atomic E-state index is 1.25. The van der Waals surface area contributed by atoms with Crippen molar-refractivity contribution in [3.8, 4) is 0 Å². The van der Waals surface area contributed by atoms with Crippen LogP contribution >= 0.6 is 0 Å². The van der Waals surface area contributed by atoms with Gasteiger partial charge in [-0.1, -0.05) is 115 Å². The van der Waals surface area contributed by atoms with Crippen LogP contribution in [0.2, 0.25) is 0 Å². The average Bonchev–Trinajstić information content (AvgIpc) is 2.56. The van der Waals surface area contributed by atoms with Gasteiger partial charge in [0.25, 0.3) is 0 Å². The van der Waals surface area contributed by atoms with Gasteiger partial charge in [-0.25, -0.2) is 0 Å². The zero-order valence-electron chi connectivity index (χ0n) is 16.9. The van der Waals surface area contributed by atoms with Crippen molar-refractivity contribution >= 4 is 0 Å². The van der Waals surface area contributed by atoms with Gasteiger partial charge in [0.2, 0.25) is 0 Å². The maximum atomic E-state index is 3.00. The Morgan fingerprint density at radius 2 is 0.579 bits per heavy atom. The molecule has 0 heterocycles. The molecule has 0 amide bonds. The molecule has 0 rings (SSSR count). The summed E-state index contributed by atoms with van der Waals surface area (Å²) in [4.78, 5) is 0. The lowest BCUT2D eigenvalue weighted by Crippen LogP contribution is -1.66. The van der Waals surface area contributed by atoms with Crippen LogP contribution in [0.3, 0.4) is 0 Å². The summed E-state index contributed by atoms with van der Waals surface area (Å²) in [5, 5.41) is 0. The number of hydrogen-bond acceptors (Lipinski definition) is 0. The summed E-state index contributed by atoms with van der Waals surface area (Å²) in [6, 6.07) is 0. The van der Waals surface area contributed by atoms with Crippen LogP contribution in [-0.2, 0) is 0 Å². The van der Waals surface area contributed by atoms with Gasteiger partial charge in [-0.2, -0.15) is 0 Å². The topological polar surface area (TPSA) is 0 Å². The third-order valence-electron chi connectivity index (χ3n) is 0.957. The van der Waals surface area contributed by atoms with E-state index in [1.54, 1.807) is 0 Å². The highest BCUT2D eigenvalue weighted by atomic mass is 13.8. The number of hydrogen-bond donors (Lipinski definition) is 0. The van der Waals surface area contributed by atoms with E-state index in [-0.39, 0.29) is 0 Å². The summed E-state index contributed by atoms with van der Waals surface area (Å²) in [6.07, 6.45) is 6.79. The minimum atomic E-state index is 1.25. The molecule has 0 aliphatic rings. The first-order chi connectivity index (χ1) is 9.33. The van der Waals surface area contributed by atoms with E-state index < -0.39 is 0 Å². The van der Waals surface area contributed by atoms with E-state index in [9.17, 15) is 0 Å². The van der Waals surface area contributed by atoms with E-state index in [0.29, 0.717) is 0 Å². The van der Waals surface area contributed by atoms with E-state index in [1.807, 2.05) is 55.4 Å². The third kappa shape index (κ3) is 585. The molecule has 0 saturated heterocycles. The van der Waals surface area contributed by atoms with Crippen molar-refractivity contribution < 1.29 is 0 Å². The lowest BCUT2D eigenvalue weighted by atomic mass is 10.2. The van der Waals surface area contributed by atoms with Crippen LogP contribution in [0.4, 0.5) is 0 Å². The van der Waals surface area contributed by atoms with Crippen LogP contribution in [0.5, 0.6) is 0 Å². The number of rotatable bonds is 3. The van der Waals surface area contributed by atoms with Crippen molar-refractivity contribution in [2.45, 2.75) is 115 Å². The Morgan fingerprint density at radius 1 is 0.474 bits per heavy atom. The minimum Gasteiger partial charge on any atom is -0.106 e. The van der Waals surface area contributed by atoms with Crippen molar-refractivity contribution in [2.75, 3.05) is 0 Å². The van der Waals surface area contributed by atoms with Gasteiger partial charge in [0.05, 0.1) is 0 Å². The molecular weight excluding hydrogens is 228 g/mol. The molecule has 0 aromatic rings. The summed E-state index contributed by atoms with van der Waals surface area (Å²) in [5.41, 5.74) is 0. The zero-order valence-corrected chi connectivity index (χ0v) is 16.9. The Bertz CT molecular complexity index is 27.0. The van der Waals surface area contributed by atoms with E-state index in [2.05, 4.69) is 40.9 Å². The molecule has 0 unspecified atom stereocenters. The van der Waals surface area contributed by atoms with Gasteiger partial charge in [-0.3, -0.25) is 0 Å². The molecule has 0 aliphatic carbocycles. The van der Waals surface area contributed by atoms with Crippen molar-refractivity contribution in [1.29, 1.82) is 0 Å². The fraction of sp³-hybridized carbons (Fsp3) is 0.895. The van der Waals surface area contributed by atoms with Gasteiger partial charge in [0.1, 0.15) is 0 Å². The quantitative estimate of drug-likeness (QED) is 0.357. The highest BCUT2D eigenvalue weighted by Gasteiger charge is 1.75. The second-order valence-corrected chi connectivity index (χ2v) is 2.41. The van der Waals surface area contributed by atoms with Crippen LogP contribution in [-0.4, -0.2) is 0 Å². The second-order valence-electron chi connectivity index (χ2n) is 2.41. The lowest BCUT2D eigenvalue weighted by molar-refractivity contribution is 0.702. The monoisotopic (exact) mass is 278 g/mol. The van der Waals surface area contributed by atoms with E-state index in [0.717, 1.165) is 0 Å². The third-order valence-corrected chi connectivity index (χ3v) is 0.957. The van der Waals surface area contributed by atoms with Crippen LogP contribution in [0, 0.1) is 0 Å². The molecular formula is C19H50. The van der Waals surface area contributed by atoms with E-state index in [4.69, 9.17) is 0 Å². The van der Waals surface area contributed by atoms with Crippen molar-refractivity contribution in [3.05, 3.63) is 13.2 Å². The van der Waals surface area contributed by atoms with Crippen LogP contribution in [0.25, 0.3) is 0 Å². The number of unbranched alkanes of at least 4 members (excludes halogenated alkanes) is 3. The first-order valence-corrected chi connectivity index (χ1v) is 8.83. The Kier molecular flexibility index (Phi) is 498. The lowest BCUT2D eigenvalue weighted by Gasteiger charge is -1.86. The molecule has 126 valence electrons. The second kappa shape index (κ2) is 221. The summed E-state index contributed by atoms with van der Waals surface area (Å²) >= 11 is 0. The SMILES string of the molecule is C=C.CC.CC.CC.CC.CCC.CCCCCC. The Balaban J connectivity index is -0.0000000193. The molecule has 0 nitrogen and oxygen atoms in total. The first-order valence-electron chi connectivity index (χ1n) is 8.83. The zero-order chi connectivity index (χ0) is 17.5. The molecule has 0 saturated carbocycles. The van der Waals surface area contributed by atoms with Gasteiger partial charge >= 0.3 is 0 Å². The van der Waals surface area contributed by atoms with Gasteiger partial charge in [-0.15, -0.1) is 13.2 Å². The van der Waals surface area contributed by atoms with Gasteiger partial charge in [-0.05, 0) is 0 Å². The molecule has 0 radical (unpaired) electrons. The maximum absolute atomic E-state index is 3.00. The molecule has 19 heavy (non-hydrogen) atoms. The summed E-state index contributed by atoms with van der Waals surface area (Å²) < 4.78 is 0. The van der Waals surface area contributed by atoms with E-state index in [1.165, 1.54) is 32.1 Å². The normalized spacial score (nSPS) is 5.26. The van der Waals surface area contributed by atoms with Crippen LogP contribution < -0.4 is 0 Å². The van der Waals surface area contributed by atoms with Gasteiger partial charge < -0.3 is 0 Å². The Morgan fingerprint density at radius 3 is 0.632 bits per heavy atom. The largest absolute Gasteiger partial charge is 0.106 e. The average molecular weight is 279 g/mol. The molecule has 0 atom stereocenters. The molecule has 0 N–H and O–H groups in total. The molecule has 0 spiro atoms. The highest BCUT2D eigenvalue weighted by Crippen LogP contribution is 1.95. The molecule has 0 heteroatoms. The predicted molar refractivity (Wildman–Crippen MR) is 102 cm³/mol. The molecule has 0 aromatic heterocycles. The Labute approximate surface area is 129 Å². The van der Waals surface area contributed by atoms with Gasteiger partial charge in [0, 0.05) is 0 Å². The predicted octanol–water partition coefficient (Wildman–Crippen LogP) is 8.91. The molecule has 0 aromatic carbocycles. The fourth-order valence-corrected chi connectivity index (χ4v) is 0.500. The standard InChI is InChI=1S/C6H14.C3H8.4C2H6.C2H4/c1-3-5-6-4-2;1-3-2;5*1-2/h3-6H2,1-2H3;3H2,1-2H3;4*1-2H3;1-2H2. The summed E-state index contributed by atoms with van der Waals surface area (Å²) in [5.74, 6) is 0. The molecule has 0 fully saturated rings. The Hall–Kier alpha value is -0.260. The van der Waals surface area contributed by atoms with Crippen LogP contribution in [0.1, 0.15) is 115 Å². The first kappa shape index (κ1) is 42.8. The van der Waals surface area contributed by atoms with Crippen molar-refractivity contribution in [2.24, 2.45) is 0 Å². The summed E-state index contributed by atoms with van der Waals surface area (Å²) in [6.45, 7) is 30.7. The highest BCUT2D eigenvalue weighted by molar-refractivity contribution is 4.31. The van der Waals surface area contributed by atoms with Crippen molar-refractivity contribution in [3.63, 3.8) is 0 Å². The molecule has 0 aliphatic heterocycles. The van der Waals surface area contributed by atoms with Gasteiger partial charge in [0.15, 0.2) is 0 Å². The maximum Gasteiger partial charge on any atom is -0.0536 e. The fourth-order valence-electron chi connectivity index (χ4n) is 0.500. The summed E-state index contributed by atoms with van der Waals surface area (Å²) in [7, 11) is 0. The molecule has 0 bridgehead atoms. The smallest absolute Gasteiger partial charge is 0.0536 e. The van der Waals surface area contributed by atoms with E-state index >= 15 is 0 Å². The van der Waals surface area contributed by atoms with Crippen molar-refractivity contribution in [1.82, 2.24) is 0 Å². The van der Waals surface area contributed by atoms with Crippen LogP contribution in [0.15, 0.2) is 13.2 Å².